The molecule has 0 spiro atoms. The fourth-order valence-electron chi connectivity index (χ4n) is 4.33. The number of likely N-dealkylation sites (tertiary alicyclic amines) is 1. The molecule has 0 radical (unpaired) electrons. The summed E-state index contributed by atoms with van der Waals surface area (Å²) in [5.74, 6) is -3.33. The van der Waals surface area contributed by atoms with Crippen molar-refractivity contribution in [2.75, 3.05) is 19.3 Å². The predicted octanol–water partition coefficient (Wildman–Crippen LogP) is 4.63. The molecule has 0 aliphatic carbocycles. The lowest BCUT2D eigenvalue weighted by Gasteiger charge is -2.32. The van der Waals surface area contributed by atoms with Crippen LogP contribution in [0, 0.1) is 17.5 Å². The SMILES string of the molecule is CC(C)OC(=O)N1CCC(c2cnc(Cn3ccc4cc(S(C)(=O)=O)c(F)c(F)c43)c(F)c2)CC1. The Balaban J connectivity index is 1.52. The minimum absolute atomic E-state index is 0.0301. The molecule has 1 amide bonds. The summed E-state index contributed by atoms with van der Waals surface area (Å²) < 4.78 is 74.1. The van der Waals surface area contributed by atoms with Gasteiger partial charge in [0.2, 0.25) is 0 Å². The number of fused-ring (bicyclic) bond motifs is 1. The lowest BCUT2D eigenvalue weighted by molar-refractivity contribution is 0.0691. The number of sulfone groups is 1. The number of hydrogen-bond donors (Lipinski definition) is 0. The monoisotopic (exact) mass is 509 g/mol. The molecule has 1 aliphatic rings. The summed E-state index contributed by atoms with van der Waals surface area (Å²) in [5, 5.41) is 0.184. The molecule has 188 valence electrons. The summed E-state index contributed by atoms with van der Waals surface area (Å²) in [7, 11) is -3.96. The van der Waals surface area contributed by atoms with E-state index in [2.05, 4.69) is 4.98 Å². The number of amides is 1. The van der Waals surface area contributed by atoms with Crippen LogP contribution in [0.4, 0.5) is 18.0 Å². The van der Waals surface area contributed by atoms with Gasteiger partial charge in [0.15, 0.2) is 21.5 Å². The van der Waals surface area contributed by atoms with Crippen molar-refractivity contribution >= 4 is 26.8 Å². The zero-order valence-corrected chi connectivity index (χ0v) is 20.4. The van der Waals surface area contributed by atoms with Crippen LogP contribution in [0.5, 0.6) is 0 Å². The topological polar surface area (TPSA) is 81.5 Å². The highest BCUT2D eigenvalue weighted by molar-refractivity contribution is 7.90. The second kappa shape index (κ2) is 9.52. The highest BCUT2D eigenvalue weighted by Crippen LogP contribution is 2.30. The molecule has 11 heteroatoms. The molecule has 1 aliphatic heterocycles. The van der Waals surface area contributed by atoms with E-state index in [0.29, 0.717) is 31.5 Å². The number of nitrogens with zero attached hydrogens (tertiary/aromatic N) is 3. The summed E-state index contributed by atoms with van der Waals surface area (Å²) in [6, 6.07) is 3.89. The number of hydrogen-bond acceptors (Lipinski definition) is 5. The second-order valence-electron chi connectivity index (χ2n) is 9.05. The summed E-state index contributed by atoms with van der Waals surface area (Å²) in [4.78, 5) is 17.2. The van der Waals surface area contributed by atoms with E-state index in [9.17, 15) is 26.4 Å². The van der Waals surface area contributed by atoms with Gasteiger partial charge in [0.05, 0.1) is 23.9 Å². The zero-order valence-electron chi connectivity index (χ0n) is 19.6. The lowest BCUT2D eigenvalue weighted by atomic mass is 9.90. The maximum absolute atomic E-state index is 14.9. The maximum Gasteiger partial charge on any atom is 0.410 e. The van der Waals surface area contributed by atoms with Gasteiger partial charge in [-0.3, -0.25) is 4.98 Å². The Morgan fingerprint density at radius 3 is 2.46 bits per heavy atom. The van der Waals surface area contributed by atoms with Crippen LogP contribution in [0.25, 0.3) is 10.9 Å². The third-order valence-electron chi connectivity index (χ3n) is 6.12. The van der Waals surface area contributed by atoms with Gasteiger partial charge >= 0.3 is 6.09 Å². The van der Waals surface area contributed by atoms with E-state index >= 15 is 0 Å². The molecule has 1 fully saturated rings. The van der Waals surface area contributed by atoms with Gasteiger partial charge < -0.3 is 14.2 Å². The number of ether oxygens (including phenoxy) is 1. The Labute approximate surface area is 201 Å². The van der Waals surface area contributed by atoms with Crippen molar-refractivity contribution in [3.63, 3.8) is 0 Å². The van der Waals surface area contributed by atoms with Crippen molar-refractivity contribution in [1.29, 1.82) is 0 Å². The van der Waals surface area contributed by atoms with Crippen LogP contribution in [0.3, 0.4) is 0 Å². The Kier molecular flexibility index (Phi) is 6.81. The number of rotatable bonds is 5. The Hall–Kier alpha value is -3.08. The first kappa shape index (κ1) is 25.0. The molecule has 1 saturated heterocycles. The van der Waals surface area contributed by atoms with Gasteiger partial charge in [0.25, 0.3) is 0 Å². The molecular weight excluding hydrogens is 483 g/mol. The first-order valence-corrected chi connectivity index (χ1v) is 13.1. The molecule has 1 aromatic carbocycles. The van der Waals surface area contributed by atoms with Crippen molar-refractivity contribution in [1.82, 2.24) is 14.5 Å². The lowest BCUT2D eigenvalue weighted by Crippen LogP contribution is -2.39. The number of piperidine rings is 1. The molecule has 7 nitrogen and oxygen atoms in total. The van der Waals surface area contributed by atoms with Crippen LogP contribution in [0.2, 0.25) is 0 Å². The zero-order chi connectivity index (χ0) is 25.5. The van der Waals surface area contributed by atoms with E-state index in [0.717, 1.165) is 12.3 Å². The highest BCUT2D eigenvalue weighted by atomic mass is 32.2. The van der Waals surface area contributed by atoms with Gasteiger partial charge in [-0.25, -0.2) is 26.4 Å². The summed E-state index contributed by atoms with van der Waals surface area (Å²) >= 11 is 0. The number of benzene rings is 1. The number of carbonyl (C=O) groups excluding carboxylic acids is 1. The van der Waals surface area contributed by atoms with Gasteiger partial charge in [0.1, 0.15) is 10.7 Å². The van der Waals surface area contributed by atoms with Gasteiger partial charge in [-0.2, -0.15) is 0 Å². The van der Waals surface area contributed by atoms with E-state index in [1.165, 1.54) is 22.9 Å². The van der Waals surface area contributed by atoms with Crippen molar-refractivity contribution in [2.24, 2.45) is 0 Å². The van der Waals surface area contributed by atoms with Crippen molar-refractivity contribution in [3.8, 4) is 0 Å². The molecule has 0 saturated carbocycles. The third kappa shape index (κ3) is 5.14. The molecule has 0 bridgehead atoms. The Morgan fingerprint density at radius 2 is 1.86 bits per heavy atom. The van der Waals surface area contributed by atoms with Gasteiger partial charge in [-0.05, 0) is 56.4 Å². The predicted molar refractivity (Wildman–Crippen MR) is 123 cm³/mol. The molecule has 0 atom stereocenters. The summed E-state index contributed by atoms with van der Waals surface area (Å²) in [6.07, 6.45) is 4.52. The van der Waals surface area contributed by atoms with Crippen LogP contribution in [-0.4, -0.2) is 54.4 Å². The molecule has 4 rings (SSSR count). The summed E-state index contributed by atoms with van der Waals surface area (Å²) in [6.45, 7) is 4.40. The van der Waals surface area contributed by atoms with Crippen LogP contribution in [0.1, 0.15) is 43.9 Å². The largest absolute Gasteiger partial charge is 0.447 e. The van der Waals surface area contributed by atoms with E-state index in [4.69, 9.17) is 4.74 Å². The first-order chi connectivity index (χ1) is 16.5. The van der Waals surface area contributed by atoms with Crippen LogP contribution in [0.15, 0.2) is 35.5 Å². The first-order valence-electron chi connectivity index (χ1n) is 11.2. The number of pyridine rings is 1. The van der Waals surface area contributed by atoms with Crippen molar-refractivity contribution < 1.29 is 31.1 Å². The molecule has 0 unspecified atom stereocenters. The third-order valence-corrected chi connectivity index (χ3v) is 7.21. The van der Waals surface area contributed by atoms with Crippen LogP contribution in [-0.2, 0) is 21.1 Å². The standard InChI is InChI=1S/C24H26F3N3O4S/c1-14(2)34-24(31)29-7-4-15(5-8-29)17-10-18(25)19(28-12-17)13-30-9-6-16-11-20(35(3,32)33)21(26)22(27)23(16)30/h6,9-12,14-15H,4-5,7-8,13H2,1-3H3. The van der Waals surface area contributed by atoms with Crippen LogP contribution < -0.4 is 0 Å². The molecular formula is C24H26F3N3O4S. The van der Waals surface area contributed by atoms with E-state index in [1.807, 2.05) is 0 Å². The van der Waals surface area contributed by atoms with Crippen molar-refractivity contribution in [3.05, 3.63) is 59.3 Å². The number of carbonyl (C=O) groups is 1. The van der Waals surface area contributed by atoms with E-state index < -0.39 is 32.2 Å². The smallest absolute Gasteiger partial charge is 0.410 e. The Morgan fingerprint density at radius 1 is 1.17 bits per heavy atom. The molecule has 3 heterocycles. The van der Waals surface area contributed by atoms with Gasteiger partial charge in [-0.1, -0.05) is 0 Å². The normalized spacial score (nSPS) is 15.2. The fraction of sp³-hybridized carbons (Fsp3) is 0.417. The van der Waals surface area contributed by atoms with Gasteiger partial charge in [-0.15, -0.1) is 0 Å². The molecule has 3 aromatic rings. The summed E-state index contributed by atoms with van der Waals surface area (Å²) in [5.41, 5.74) is 0.576. The van der Waals surface area contributed by atoms with Crippen molar-refractivity contribution in [2.45, 2.75) is 50.2 Å². The van der Waals surface area contributed by atoms with Crippen LogP contribution >= 0.6 is 0 Å². The average molecular weight is 510 g/mol. The quantitative estimate of drug-likeness (QED) is 0.501. The minimum Gasteiger partial charge on any atom is -0.447 e. The fourth-order valence-corrected chi connectivity index (χ4v) is 5.09. The maximum atomic E-state index is 14.9. The minimum atomic E-state index is -3.96. The van der Waals surface area contributed by atoms with E-state index in [1.54, 1.807) is 24.9 Å². The molecule has 2 aromatic heterocycles. The number of halogens is 3. The van der Waals surface area contributed by atoms with E-state index in [-0.39, 0.29) is 41.3 Å². The highest BCUT2D eigenvalue weighted by Gasteiger charge is 2.27. The number of aromatic nitrogens is 2. The second-order valence-corrected chi connectivity index (χ2v) is 11.0. The average Bonchev–Trinajstić information content (AvgIpc) is 3.19. The molecule has 0 N–H and O–H groups in total. The Bertz CT molecular complexity index is 1380. The molecule has 35 heavy (non-hydrogen) atoms. The van der Waals surface area contributed by atoms with Gasteiger partial charge in [0, 0.05) is 37.1 Å².